The summed E-state index contributed by atoms with van der Waals surface area (Å²) in [5.74, 6) is -0.745. The molecular formula is C17H16N4O4. The van der Waals surface area contributed by atoms with Crippen LogP contribution in [0.3, 0.4) is 0 Å². The Morgan fingerprint density at radius 1 is 1.36 bits per heavy atom. The molecule has 3 rings (SSSR count). The molecule has 0 fully saturated rings. The summed E-state index contributed by atoms with van der Waals surface area (Å²) in [6.45, 7) is 3.82. The number of nitro benzene ring substituents is 1. The number of imidazole rings is 1. The second-order valence-electron chi connectivity index (χ2n) is 5.61. The number of aryl methyl sites for hydroxylation is 2. The number of aromatic nitrogens is 2. The molecule has 2 aromatic heterocycles. The number of hydrogen-bond acceptors (Lipinski definition) is 5. The van der Waals surface area contributed by atoms with Crippen molar-refractivity contribution in [2.45, 2.75) is 20.3 Å². The maximum Gasteiger partial charge on any atom is 0.274 e. The van der Waals surface area contributed by atoms with Crippen LogP contribution in [0.5, 0.6) is 5.75 Å². The zero-order valence-corrected chi connectivity index (χ0v) is 13.7. The minimum atomic E-state index is -0.594. The van der Waals surface area contributed by atoms with E-state index >= 15 is 0 Å². The Balaban J connectivity index is 2.03. The van der Waals surface area contributed by atoms with Gasteiger partial charge in [0.05, 0.1) is 16.3 Å². The molecule has 0 aliphatic carbocycles. The first-order valence-electron chi connectivity index (χ1n) is 7.67. The molecule has 0 bridgehead atoms. The lowest BCUT2D eigenvalue weighted by Crippen LogP contribution is -2.16. The molecule has 128 valence electrons. The van der Waals surface area contributed by atoms with Crippen molar-refractivity contribution in [3.05, 3.63) is 63.6 Å². The van der Waals surface area contributed by atoms with Crippen molar-refractivity contribution < 1.29 is 14.8 Å². The predicted octanol–water partition coefficient (Wildman–Crippen LogP) is 3.07. The van der Waals surface area contributed by atoms with Gasteiger partial charge >= 0.3 is 0 Å². The molecule has 0 radical (unpaired) electrons. The molecule has 25 heavy (non-hydrogen) atoms. The van der Waals surface area contributed by atoms with Gasteiger partial charge in [0.15, 0.2) is 0 Å². The number of phenols is 1. The Kier molecular flexibility index (Phi) is 4.10. The van der Waals surface area contributed by atoms with Crippen molar-refractivity contribution in [3.8, 4) is 5.75 Å². The van der Waals surface area contributed by atoms with Crippen LogP contribution in [0.15, 0.2) is 36.5 Å². The fourth-order valence-electron chi connectivity index (χ4n) is 2.60. The summed E-state index contributed by atoms with van der Waals surface area (Å²) in [6, 6.07) is 7.18. The number of hydrogen-bond donors (Lipinski definition) is 2. The number of anilines is 1. The molecule has 1 amide bonds. The standard InChI is InChI=1S/C17H16N4O4/c1-3-12-16(20-7-6-10(2)8-15(20)18-12)17(23)19-13-9-11(21(24)25)4-5-14(13)22/h4-9,22H,3H2,1-2H3,(H,19,23). The number of nitrogens with zero attached hydrogens (tertiary/aromatic N) is 3. The van der Waals surface area contributed by atoms with Crippen LogP contribution in [0, 0.1) is 17.0 Å². The number of aromatic hydroxyl groups is 1. The van der Waals surface area contributed by atoms with Crippen LogP contribution in [0.2, 0.25) is 0 Å². The molecular weight excluding hydrogens is 324 g/mol. The summed E-state index contributed by atoms with van der Waals surface area (Å²) < 4.78 is 1.66. The van der Waals surface area contributed by atoms with Gasteiger partial charge in [-0.2, -0.15) is 0 Å². The van der Waals surface area contributed by atoms with Crippen LogP contribution in [0.25, 0.3) is 5.65 Å². The average Bonchev–Trinajstić information content (AvgIpc) is 2.94. The summed E-state index contributed by atoms with van der Waals surface area (Å²) in [6.07, 6.45) is 2.30. The Morgan fingerprint density at radius 2 is 2.12 bits per heavy atom. The SMILES string of the molecule is CCc1nc2cc(C)ccn2c1C(=O)Nc1cc([N+](=O)[O-])ccc1O. The van der Waals surface area contributed by atoms with E-state index < -0.39 is 10.8 Å². The van der Waals surface area contributed by atoms with Gasteiger partial charge in [0.1, 0.15) is 17.1 Å². The molecule has 8 nitrogen and oxygen atoms in total. The van der Waals surface area contributed by atoms with Gasteiger partial charge in [-0.05, 0) is 37.1 Å². The first kappa shape index (κ1) is 16.4. The summed E-state index contributed by atoms with van der Waals surface area (Å²) in [5, 5.41) is 23.3. The number of carbonyl (C=O) groups excluding carboxylic acids is 1. The lowest BCUT2D eigenvalue weighted by Gasteiger charge is -2.08. The van der Waals surface area contributed by atoms with Crippen LogP contribution < -0.4 is 5.32 Å². The maximum atomic E-state index is 12.7. The summed E-state index contributed by atoms with van der Waals surface area (Å²) >= 11 is 0. The number of fused-ring (bicyclic) bond motifs is 1. The Bertz CT molecular complexity index is 994. The van der Waals surface area contributed by atoms with Crippen LogP contribution in [0.4, 0.5) is 11.4 Å². The van der Waals surface area contributed by atoms with E-state index in [0.29, 0.717) is 23.5 Å². The van der Waals surface area contributed by atoms with Gasteiger partial charge in [0.2, 0.25) is 0 Å². The molecule has 8 heteroatoms. The fourth-order valence-corrected chi connectivity index (χ4v) is 2.60. The van der Waals surface area contributed by atoms with E-state index in [0.717, 1.165) is 11.6 Å². The number of non-ortho nitro benzene ring substituents is 1. The van der Waals surface area contributed by atoms with Gasteiger partial charge in [-0.15, -0.1) is 0 Å². The summed E-state index contributed by atoms with van der Waals surface area (Å²) in [4.78, 5) is 27.5. The highest BCUT2D eigenvalue weighted by molar-refractivity contribution is 6.05. The molecule has 0 atom stereocenters. The number of phenolic OH excluding ortho intramolecular Hbond substituents is 1. The normalized spacial score (nSPS) is 10.8. The maximum absolute atomic E-state index is 12.7. The van der Waals surface area contributed by atoms with E-state index in [2.05, 4.69) is 10.3 Å². The van der Waals surface area contributed by atoms with E-state index in [1.54, 1.807) is 10.6 Å². The van der Waals surface area contributed by atoms with E-state index in [4.69, 9.17) is 0 Å². The first-order chi connectivity index (χ1) is 11.9. The molecule has 0 spiro atoms. The largest absolute Gasteiger partial charge is 0.506 e. The van der Waals surface area contributed by atoms with E-state index in [1.165, 1.54) is 12.1 Å². The van der Waals surface area contributed by atoms with E-state index in [-0.39, 0.29) is 17.1 Å². The van der Waals surface area contributed by atoms with Gasteiger partial charge in [-0.3, -0.25) is 19.3 Å². The zero-order valence-electron chi connectivity index (χ0n) is 13.7. The number of pyridine rings is 1. The lowest BCUT2D eigenvalue weighted by atomic mass is 10.2. The number of rotatable bonds is 4. The van der Waals surface area contributed by atoms with Crippen LogP contribution in [-0.4, -0.2) is 25.3 Å². The Morgan fingerprint density at radius 3 is 2.80 bits per heavy atom. The third-order valence-electron chi connectivity index (χ3n) is 3.84. The predicted molar refractivity (Wildman–Crippen MR) is 92.0 cm³/mol. The molecule has 2 heterocycles. The van der Waals surface area contributed by atoms with Crippen molar-refractivity contribution in [2.75, 3.05) is 5.32 Å². The molecule has 1 aromatic carbocycles. The molecule has 3 aromatic rings. The summed E-state index contributed by atoms with van der Waals surface area (Å²) in [7, 11) is 0. The number of amides is 1. The highest BCUT2D eigenvalue weighted by Crippen LogP contribution is 2.28. The first-order valence-corrected chi connectivity index (χ1v) is 7.67. The number of nitro groups is 1. The number of benzene rings is 1. The summed E-state index contributed by atoms with van der Waals surface area (Å²) in [5.41, 5.74) is 2.35. The van der Waals surface area contributed by atoms with Crippen LogP contribution in [-0.2, 0) is 6.42 Å². The van der Waals surface area contributed by atoms with Gasteiger partial charge in [0, 0.05) is 18.3 Å². The van der Waals surface area contributed by atoms with Crippen LogP contribution in [0.1, 0.15) is 28.7 Å². The Labute approximate surface area is 142 Å². The minimum Gasteiger partial charge on any atom is -0.506 e. The van der Waals surface area contributed by atoms with Crippen molar-refractivity contribution >= 4 is 22.9 Å². The topological polar surface area (TPSA) is 110 Å². The minimum absolute atomic E-state index is 0.0247. The number of carbonyl (C=O) groups is 1. The number of nitrogens with one attached hydrogen (secondary N) is 1. The van der Waals surface area contributed by atoms with Gasteiger partial charge in [-0.25, -0.2) is 4.98 Å². The molecule has 2 N–H and O–H groups in total. The highest BCUT2D eigenvalue weighted by atomic mass is 16.6. The molecule has 0 unspecified atom stereocenters. The second kappa shape index (κ2) is 6.23. The molecule has 0 saturated heterocycles. The zero-order chi connectivity index (χ0) is 18.1. The lowest BCUT2D eigenvalue weighted by molar-refractivity contribution is -0.384. The van der Waals surface area contributed by atoms with E-state index in [9.17, 15) is 20.0 Å². The van der Waals surface area contributed by atoms with Crippen LogP contribution >= 0.6 is 0 Å². The van der Waals surface area contributed by atoms with Crippen molar-refractivity contribution in [3.63, 3.8) is 0 Å². The highest BCUT2D eigenvalue weighted by Gasteiger charge is 2.20. The third kappa shape index (κ3) is 3.01. The van der Waals surface area contributed by atoms with Crippen molar-refractivity contribution in [1.29, 1.82) is 0 Å². The van der Waals surface area contributed by atoms with Gasteiger partial charge in [-0.1, -0.05) is 6.92 Å². The molecule has 0 saturated carbocycles. The Hall–Kier alpha value is -3.42. The fraction of sp³-hybridized carbons (Fsp3) is 0.176. The van der Waals surface area contributed by atoms with Crippen molar-refractivity contribution in [2.24, 2.45) is 0 Å². The van der Waals surface area contributed by atoms with Crippen molar-refractivity contribution in [1.82, 2.24) is 9.38 Å². The second-order valence-corrected chi connectivity index (χ2v) is 5.61. The average molecular weight is 340 g/mol. The quantitative estimate of drug-likeness (QED) is 0.431. The van der Waals surface area contributed by atoms with Gasteiger partial charge < -0.3 is 10.4 Å². The molecule has 0 aliphatic rings. The van der Waals surface area contributed by atoms with E-state index in [1.807, 2.05) is 26.0 Å². The smallest absolute Gasteiger partial charge is 0.274 e. The van der Waals surface area contributed by atoms with Gasteiger partial charge in [0.25, 0.3) is 11.6 Å². The third-order valence-corrected chi connectivity index (χ3v) is 3.84. The molecule has 0 aliphatic heterocycles. The monoisotopic (exact) mass is 340 g/mol.